The second-order valence-corrected chi connectivity index (χ2v) is 7.19. The van der Waals surface area contributed by atoms with E-state index >= 15 is 0 Å². The molecular weight excluding hydrogens is 290 g/mol. The molecule has 128 valence electrons. The lowest BCUT2D eigenvalue weighted by molar-refractivity contribution is -0.132. The number of furan rings is 1. The lowest BCUT2D eigenvalue weighted by Gasteiger charge is -2.27. The minimum absolute atomic E-state index is 0.161. The van der Waals surface area contributed by atoms with Crippen LogP contribution in [0.2, 0.25) is 0 Å². The molecule has 2 aliphatic rings. The monoisotopic (exact) mass is 319 g/mol. The molecule has 0 bridgehead atoms. The fraction of sp³-hybridized carbons (Fsp3) is 0.737. The summed E-state index contributed by atoms with van der Waals surface area (Å²) in [5.74, 6) is 1.64. The molecule has 1 saturated heterocycles. The number of carbonyl (C=O) groups is 1. The SMILES string of the molecule is O=C(CCC1CCCCC1)N1CCCC1CC(O)c1ccco1. The van der Waals surface area contributed by atoms with Crippen LogP contribution >= 0.6 is 0 Å². The fourth-order valence-electron chi connectivity index (χ4n) is 4.21. The van der Waals surface area contributed by atoms with Crippen molar-refractivity contribution in [2.75, 3.05) is 6.54 Å². The van der Waals surface area contributed by atoms with Gasteiger partial charge in [0.2, 0.25) is 5.91 Å². The number of hydrogen-bond donors (Lipinski definition) is 1. The van der Waals surface area contributed by atoms with Crippen molar-refractivity contribution in [2.24, 2.45) is 5.92 Å². The zero-order valence-electron chi connectivity index (χ0n) is 14.0. The Balaban J connectivity index is 1.48. The third-order valence-corrected chi connectivity index (χ3v) is 5.56. The third kappa shape index (κ3) is 4.37. The molecule has 0 spiro atoms. The quantitative estimate of drug-likeness (QED) is 0.860. The third-order valence-electron chi connectivity index (χ3n) is 5.56. The van der Waals surface area contributed by atoms with Crippen molar-refractivity contribution in [3.8, 4) is 0 Å². The number of aliphatic hydroxyl groups excluding tert-OH is 1. The normalized spacial score (nSPS) is 24.0. The molecule has 1 aliphatic heterocycles. The van der Waals surface area contributed by atoms with Gasteiger partial charge in [-0.1, -0.05) is 32.1 Å². The van der Waals surface area contributed by atoms with E-state index in [-0.39, 0.29) is 11.9 Å². The van der Waals surface area contributed by atoms with Crippen LogP contribution in [-0.4, -0.2) is 28.5 Å². The molecule has 2 unspecified atom stereocenters. The van der Waals surface area contributed by atoms with E-state index in [4.69, 9.17) is 4.42 Å². The van der Waals surface area contributed by atoms with Crippen molar-refractivity contribution in [1.29, 1.82) is 0 Å². The van der Waals surface area contributed by atoms with E-state index in [1.54, 1.807) is 18.4 Å². The highest BCUT2D eigenvalue weighted by molar-refractivity contribution is 5.76. The van der Waals surface area contributed by atoms with Gasteiger partial charge >= 0.3 is 0 Å². The number of nitrogens with zero attached hydrogens (tertiary/aromatic N) is 1. The van der Waals surface area contributed by atoms with Crippen molar-refractivity contribution in [3.05, 3.63) is 24.2 Å². The highest BCUT2D eigenvalue weighted by atomic mass is 16.4. The summed E-state index contributed by atoms with van der Waals surface area (Å²) in [7, 11) is 0. The molecule has 1 N–H and O–H groups in total. The van der Waals surface area contributed by atoms with Gasteiger partial charge < -0.3 is 14.4 Å². The summed E-state index contributed by atoms with van der Waals surface area (Å²) in [6.07, 6.45) is 12.0. The van der Waals surface area contributed by atoms with E-state index < -0.39 is 6.10 Å². The maximum Gasteiger partial charge on any atom is 0.222 e. The summed E-state index contributed by atoms with van der Waals surface area (Å²) in [6.45, 7) is 0.846. The highest BCUT2D eigenvalue weighted by Crippen LogP contribution is 2.30. The number of hydrogen-bond acceptors (Lipinski definition) is 3. The number of rotatable bonds is 6. The largest absolute Gasteiger partial charge is 0.467 e. The maximum atomic E-state index is 12.6. The van der Waals surface area contributed by atoms with Crippen molar-refractivity contribution < 1.29 is 14.3 Å². The summed E-state index contributed by atoms with van der Waals surface area (Å²) in [5, 5.41) is 10.3. The van der Waals surface area contributed by atoms with Crippen LogP contribution in [0.1, 0.15) is 76.1 Å². The first-order chi connectivity index (χ1) is 11.2. The molecule has 3 rings (SSSR count). The topological polar surface area (TPSA) is 53.7 Å². The van der Waals surface area contributed by atoms with Gasteiger partial charge in [-0.15, -0.1) is 0 Å². The number of likely N-dealkylation sites (tertiary alicyclic amines) is 1. The predicted molar refractivity (Wildman–Crippen MR) is 88.8 cm³/mol. The molecule has 1 aromatic heterocycles. The smallest absolute Gasteiger partial charge is 0.222 e. The van der Waals surface area contributed by atoms with Crippen LogP contribution < -0.4 is 0 Å². The first-order valence-electron chi connectivity index (χ1n) is 9.25. The Bertz CT molecular complexity index is 479. The number of aliphatic hydroxyl groups is 1. The summed E-state index contributed by atoms with van der Waals surface area (Å²) in [5.41, 5.74) is 0. The molecule has 0 aromatic carbocycles. The van der Waals surface area contributed by atoms with Gasteiger partial charge in [0, 0.05) is 25.4 Å². The summed E-state index contributed by atoms with van der Waals surface area (Å²) in [4.78, 5) is 14.6. The van der Waals surface area contributed by atoms with Gasteiger partial charge in [-0.2, -0.15) is 0 Å². The van der Waals surface area contributed by atoms with Crippen molar-refractivity contribution in [1.82, 2.24) is 4.90 Å². The zero-order chi connectivity index (χ0) is 16.1. The van der Waals surface area contributed by atoms with Crippen LogP contribution in [0, 0.1) is 5.92 Å². The standard InChI is InChI=1S/C19H29NO3/c21-17(18-9-5-13-23-18)14-16-8-4-12-20(16)19(22)11-10-15-6-2-1-3-7-15/h5,9,13,15-17,21H,1-4,6-8,10-12,14H2. The summed E-state index contributed by atoms with van der Waals surface area (Å²) < 4.78 is 5.27. The van der Waals surface area contributed by atoms with E-state index in [2.05, 4.69) is 0 Å². The molecule has 0 radical (unpaired) electrons. The Morgan fingerprint density at radius 1 is 1.26 bits per heavy atom. The molecule has 1 aliphatic carbocycles. The fourth-order valence-corrected chi connectivity index (χ4v) is 4.21. The first-order valence-corrected chi connectivity index (χ1v) is 9.25. The molecule has 4 nitrogen and oxygen atoms in total. The Morgan fingerprint density at radius 2 is 2.09 bits per heavy atom. The molecular formula is C19H29NO3. The second kappa shape index (κ2) is 8.00. The molecule has 23 heavy (non-hydrogen) atoms. The van der Waals surface area contributed by atoms with Gasteiger partial charge in [0.25, 0.3) is 0 Å². The van der Waals surface area contributed by atoms with Crippen molar-refractivity contribution in [3.63, 3.8) is 0 Å². The van der Waals surface area contributed by atoms with Gasteiger partial charge in [-0.25, -0.2) is 0 Å². The molecule has 2 atom stereocenters. The number of amides is 1. The van der Waals surface area contributed by atoms with Gasteiger partial charge in [0.05, 0.1) is 6.26 Å². The van der Waals surface area contributed by atoms with Crippen molar-refractivity contribution in [2.45, 2.75) is 76.4 Å². The Kier molecular flexibility index (Phi) is 5.76. The highest BCUT2D eigenvalue weighted by Gasteiger charge is 2.31. The second-order valence-electron chi connectivity index (χ2n) is 7.19. The van der Waals surface area contributed by atoms with E-state index in [0.717, 1.165) is 31.7 Å². The van der Waals surface area contributed by atoms with E-state index in [1.807, 2.05) is 4.90 Å². The van der Waals surface area contributed by atoms with Gasteiger partial charge in [0.15, 0.2) is 0 Å². The minimum Gasteiger partial charge on any atom is -0.467 e. The Hall–Kier alpha value is -1.29. The van der Waals surface area contributed by atoms with Crippen molar-refractivity contribution >= 4 is 5.91 Å². The van der Waals surface area contributed by atoms with Crippen LogP contribution in [-0.2, 0) is 4.79 Å². The van der Waals surface area contributed by atoms with Crippen LogP contribution in [0.25, 0.3) is 0 Å². The molecule has 1 saturated carbocycles. The van der Waals surface area contributed by atoms with Gasteiger partial charge in [-0.05, 0) is 37.3 Å². The minimum atomic E-state index is -0.609. The van der Waals surface area contributed by atoms with E-state index in [0.29, 0.717) is 18.6 Å². The first kappa shape index (κ1) is 16.6. The molecule has 1 amide bonds. The Labute approximate surface area is 138 Å². The predicted octanol–water partition coefficient (Wildman–Crippen LogP) is 4.05. The summed E-state index contributed by atoms with van der Waals surface area (Å²) >= 11 is 0. The van der Waals surface area contributed by atoms with E-state index in [1.165, 1.54) is 32.1 Å². The molecule has 1 aromatic rings. The maximum absolute atomic E-state index is 12.6. The summed E-state index contributed by atoms with van der Waals surface area (Å²) in [6, 6.07) is 3.75. The van der Waals surface area contributed by atoms with E-state index in [9.17, 15) is 9.90 Å². The number of carbonyl (C=O) groups excluding carboxylic acids is 1. The Morgan fingerprint density at radius 3 is 2.83 bits per heavy atom. The van der Waals surface area contributed by atoms with Crippen LogP contribution in [0.5, 0.6) is 0 Å². The molecule has 2 heterocycles. The zero-order valence-corrected chi connectivity index (χ0v) is 14.0. The molecule has 2 fully saturated rings. The van der Waals surface area contributed by atoms with Crippen LogP contribution in [0.4, 0.5) is 0 Å². The van der Waals surface area contributed by atoms with Gasteiger partial charge in [-0.3, -0.25) is 4.79 Å². The van der Waals surface area contributed by atoms with Crippen LogP contribution in [0.15, 0.2) is 22.8 Å². The lowest BCUT2D eigenvalue weighted by atomic mass is 9.86. The molecule has 4 heteroatoms. The average molecular weight is 319 g/mol. The lowest BCUT2D eigenvalue weighted by Crippen LogP contribution is -2.36. The average Bonchev–Trinajstić information content (AvgIpc) is 3.25. The van der Waals surface area contributed by atoms with Crippen LogP contribution in [0.3, 0.4) is 0 Å². The van der Waals surface area contributed by atoms with Gasteiger partial charge in [0.1, 0.15) is 11.9 Å².